The second-order valence-corrected chi connectivity index (χ2v) is 10.7. The molecule has 0 atom stereocenters. The van der Waals surface area contributed by atoms with Crippen LogP contribution in [-0.2, 0) is 17.1 Å². The Balaban J connectivity index is 1.52. The number of nitrogens with zero attached hydrogens (tertiary/aromatic N) is 5. The Bertz CT molecular complexity index is 1740. The summed E-state index contributed by atoms with van der Waals surface area (Å²) in [5.41, 5.74) is 3.94. The van der Waals surface area contributed by atoms with Gasteiger partial charge in [-0.1, -0.05) is 6.07 Å². The van der Waals surface area contributed by atoms with Crippen LogP contribution in [0.1, 0.15) is 12.8 Å². The van der Waals surface area contributed by atoms with Crippen LogP contribution in [0.25, 0.3) is 39.0 Å². The van der Waals surface area contributed by atoms with Gasteiger partial charge in [0, 0.05) is 48.3 Å². The highest BCUT2D eigenvalue weighted by Crippen LogP contribution is 2.39. The number of hydrogen-bond acceptors (Lipinski definition) is 5. The van der Waals surface area contributed by atoms with E-state index in [4.69, 9.17) is 0 Å². The predicted molar refractivity (Wildman–Crippen MR) is 132 cm³/mol. The number of fused-ring (bicyclic) bond motifs is 1. The van der Waals surface area contributed by atoms with Gasteiger partial charge >= 0.3 is 0 Å². The van der Waals surface area contributed by atoms with Gasteiger partial charge in [-0.3, -0.25) is 14.0 Å². The van der Waals surface area contributed by atoms with E-state index in [1.54, 1.807) is 41.0 Å². The Morgan fingerprint density at radius 2 is 1.83 bits per heavy atom. The predicted octanol–water partition coefficient (Wildman–Crippen LogP) is 4.67. The molecule has 2 aromatic carbocycles. The van der Waals surface area contributed by atoms with Crippen LogP contribution in [0.15, 0.2) is 67.4 Å². The number of nitrogens with one attached hydrogen (secondary N) is 1. The van der Waals surface area contributed by atoms with Crippen LogP contribution in [0.4, 0.5) is 14.6 Å². The van der Waals surface area contributed by atoms with E-state index in [2.05, 4.69) is 19.8 Å². The minimum absolute atomic E-state index is 0.207. The molecular weight excluding hydrogens is 486 g/mol. The van der Waals surface area contributed by atoms with Gasteiger partial charge in [0.1, 0.15) is 23.8 Å². The van der Waals surface area contributed by atoms with Crippen LogP contribution < -0.4 is 4.72 Å². The highest BCUT2D eigenvalue weighted by Gasteiger charge is 2.36. The molecule has 182 valence electrons. The maximum Gasteiger partial charge on any atom is 0.236 e. The first-order valence-corrected chi connectivity index (χ1v) is 12.8. The summed E-state index contributed by atoms with van der Waals surface area (Å²) in [6.07, 6.45) is 7.86. The number of benzene rings is 2. The van der Waals surface area contributed by atoms with Gasteiger partial charge in [0.25, 0.3) is 0 Å². The fourth-order valence-corrected chi connectivity index (χ4v) is 5.61. The van der Waals surface area contributed by atoms with Crippen LogP contribution in [0.5, 0.6) is 0 Å². The van der Waals surface area contributed by atoms with Gasteiger partial charge in [0.2, 0.25) is 10.0 Å². The first-order chi connectivity index (χ1) is 17.3. The molecule has 1 saturated carbocycles. The zero-order chi connectivity index (χ0) is 25.0. The molecule has 0 bridgehead atoms. The molecule has 3 heterocycles. The first-order valence-electron chi connectivity index (χ1n) is 11.2. The number of aromatic nitrogens is 5. The zero-order valence-corrected chi connectivity index (χ0v) is 19.9. The molecule has 0 amide bonds. The first kappa shape index (κ1) is 22.4. The molecule has 1 aliphatic rings. The summed E-state index contributed by atoms with van der Waals surface area (Å²) < 4.78 is 59.4. The average Bonchev–Trinajstić information content (AvgIpc) is 3.49. The Hall–Kier alpha value is -4.12. The summed E-state index contributed by atoms with van der Waals surface area (Å²) in [6.45, 7) is 0. The van der Waals surface area contributed by atoms with Crippen LogP contribution in [-0.4, -0.2) is 38.0 Å². The van der Waals surface area contributed by atoms with Crippen molar-refractivity contribution in [3.63, 3.8) is 0 Å². The zero-order valence-electron chi connectivity index (χ0n) is 19.1. The van der Waals surface area contributed by atoms with Crippen molar-refractivity contribution >= 4 is 26.9 Å². The molecule has 0 radical (unpaired) electrons. The second kappa shape index (κ2) is 8.23. The Morgan fingerprint density at radius 1 is 1.03 bits per heavy atom. The minimum Gasteiger partial charge on any atom is -0.299 e. The molecule has 3 aromatic heterocycles. The van der Waals surface area contributed by atoms with E-state index in [-0.39, 0.29) is 16.6 Å². The van der Waals surface area contributed by atoms with Crippen molar-refractivity contribution in [3.8, 4) is 27.9 Å². The molecule has 0 spiro atoms. The van der Waals surface area contributed by atoms with Crippen molar-refractivity contribution in [2.24, 2.45) is 7.05 Å². The summed E-state index contributed by atoms with van der Waals surface area (Å²) >= 11 is 0. The van der Waals surface area contributed by atoms with Gasteiger partial charge in [-0.15, -0.1) is 0 Å². The summed E-state index contributed by atoms with van der Waals surface area (Å²) in [6, 6.07) is 10.5. The third kappa shape index (κ3) is 3.91. The molecule has 5 aromatic rings. The number of halogens is 2. The smallest absolute Gasteiger partial charge is 0.236 e. The molecule has 11 heteroatoms. The second-order valence-electron chi connectivity index (χ2n) is 8.74. The lowest BCUT2D eigenvalue weighted by Gasteiger charge is -2.13. The summed E-state index contributed by atoms with van der Waals surface area (Å²) in [7, 11) is -1.69. The van der Waals surface area contributed by atoms with E-state index in [0.29, 0.717) is 40.7 Å². The quantitative estimate of drug-likeness (QED) is 0.361. The number of hydrogen-bond donors (Lipinski definition) is 1. The topological polar surface area (TPSA) is 94.7 Å². The van der Waals surface area contributed by atoms with Gasteiger partial charge in [-0.2, -0.15) is 5.10 Å². The molecule has 1 fully saturated rings. The fraction of sp³-hybridized carbons (Fsp3) is 0.160. The summed E-state index contributed by atoms with van der Waals surface area (Å²) in [4.78, 5) is 8.73. The number of pyridine rings is 1. The van der Waals surface area contributed by atoms with Crippen molar-refractivity contribution in [3.05, 3.63) is 79.0 Å². The largest absolute Gasteiger partial charge is 0.299 e. The van der Waals surface area contributed by atoms with Crippen molar-refractivity contribution in [1.29, 1.82) is 0 Å². The number of imidazole rings is 1. The molecule has 6 rings (SSSR count). The highest BCUT2D eigenvalue weighted by atomic mass is 32.2. The SMILES string of the molecule is Cn1cc(-c2ccc3c(ncn3-c3ccnc(NS(=O)(=O)C4CC4)c3)c2-c2ccc(F)cc2F)cn1. The van der Waals surface area contributed by atoms with Crippen molar-refractivity contribution in [2.45, 2.75) is 18.1 Å². The van der Waals surface area contributed by atoms with Gasteiger partial charge in [0.05, 0.1) is 28.2 Å². The maximum absolute atomic E-state index is 15.0. The molecule has 1 aliphatic carbocycles. The van der Waals surface area contributed by atoms with Gasteiger partial charge in [-0.05, 0) is 42.7 Å². The number of sulfonamides is 1. The molecule has 0 aliphatic heterocycles. The third-order valence-electron chi connectivity index (χ3n) is 6.17. The molecule has 8 nitrogen and oxygen atoms in total. The van der Waals surface area contributed by atoms with E-state index >= 15 is 4.39 Å². The Morgan fingerprint density at radius 3 is 2.56 bits per heavy atom. The van der Waals surface area contributed by atoms with Crippen LogP contribution in [0, 0.1) is 11.6 Å². The highest BCUT2D eigenvalue weighted by molar-refractivity contribution is 7.93. The number of anilines is 1. The normalized spacial score (nSPS) is 13.9. The van der Waals surface area contributed by atoms with E-state index < -0.39 is 21.7 Å². The molecule has 36 heavy (non-hydrogen) atoms. The van der Waals surface area contributed by atoms with Gasteiger partial charge < -0.3 is 0 Å². The summed E-state index contributed by atoms with van der Waals surface area (Å²) in [5, 5.41) is 3.85. The van der Waals surface area contributed by atoms with Crippen molar-refractivity contribution in [1.82, 2.24) is 24.3 Å². The van der Waals surface area contributed by atoms with Crippen LogP contribution >= 0.6 is 0 Å². The van der Waals surface area contributed by atoms with E-state index in [0.717, 1.165) is 11.6 Å². The lowest BCUT2D eigenvalue weighted by atomic mass is 9.94. The van der Waals surface area contributed by atoms with Gasteiger partial charge in [-0.25, -0.2) is 27.2 Å². The number of rotatable bonds is 6. The third-order valence-corrected chi connectivity index (χ3v) is 8.01. The van der Waals surface area contributed by atoms with Crippen molar-refractivity contribution in [2.75, 3.05) is 4.72 Å². The molecule has 0 unspecified atom stereocenters. The molecule has 1 N–H and O–H groups in total. The molecular formula is C25H20F2N6O2S. The molecule has 0 saturated heterocycles. The van der Waals surface area contributed by atoms with E-state index in [1.165, 1.54) is 18.3 Å². The maximum atomic E-state index is 15.0. The average molecular weight is 507 g/mol. The fourth-order valence-electron chi connectivity index (χ4n) is 4.29. The Kier molecular flexibility index (Phi) is 5.11. The van der Waals surface area contributed by atoms with Crippen molar-refractivity contribution < 1.29 is 17.2 Å². The Labute approximate surface area is 205 Å². The standard InChI is InChI=1S/C25H20F2N6O2S/c1-32-13-15(12-30-32)19-6-7-22-25(24(19)20-5-2-16(26)10-21(20)27)29-14-33(22)17-8-9-28-23(11-17)31-36(34,35)18-3-4-18/h2,5-14,18H,3-4H2,1H3,(H,28,31). The van der Waals surface area contributed by atoms with Gasteiger partial charge in [0.15, 0.2) is 0 Å². The number of aryl methyl sites for hydroxylation is 1. The minimum atomic E-state index is -3.47. The summed E-state index contributed by atoms with van der Waals surface area (Å²) in [5.74, 6) is -1.17. The lowest BCUT2D eigenvalue weighted by Crippen LogP contribution is -2.18. The lowest BCUT2D eigenvalue weighted by molar-refractivity contribution is 0.585. The van der Waals surface area contributed by atoms with E-state index in [1.807, 2.05) is 18.3 Å². The monoisotopic (exact) mass is 506 g/mol. The van der Waals surface area contributed by atoms with Crippen LogP contribution in [0.2, 0.25) is 0 Å². The van der Waals surface area contributed by atoms with Crippen LogP contribution in [0.3, 0.4) is 0 Å². The van der Waals surface area contributed by atoms with E-state index in [9.17, 15) is 12.8 Å².